The fourth-order valence-corrected chi connectivity index (χ4v) is 3.32. The molecule has 0 N–H and O–H groups in total. The van der Waals surface area contributed by atoms with Gasteiger partial charge in [-0.3, -0.25) is 0 Å². The SMILES string of the molecule is C=Cc1ccc([Si](C)(C)OCC)cc1. The quantitative estimate of drug-likeness (QED) is 0.688. The average Bonchev–Trinajstić information content (AvgIpc) is 2.18. The lowest BCUT2D eigenvalue weighted by molar-refractivity contribution is 0.339. The molecule has 0 saturated carbocycles. The van der Waals surface area contributed by atoms with E-state index in [-0.39, 0.29) is 0 Å². The molecule has 0 spiro atoms. The Kier molecular flexibility index (Phi) is 3.67. The van der Waals surface area contributed by atoms with Crippen molar-refractivity contribution >= 4 is 19.6 Å². The molecule has 0 heterocycles. The maximum atomic E-state index is 5.80. The van der Waals surface area contributed by atoms with Crippen LogP contribution in [0.5, 0.6) is 0 Å². The van der Waals surface area contributed by atoms with Crippen LogP contribution in [0.3, 0.4) is 0 Å². The van der Waals surface area contributed by atoms with Crippen molar-refractivity contribution in [3.05, 3.63) is 36.4 Å². The van der Waals surface area contributed by atoms with Crippen LogP contribution >= 0.6 is 0 Å². The van der Waals surface area contributed by atoms with Crippen LogP contribution in [0.2, 0.25) is 13.1 Å². The van der Waals surface area contributed by atoms with Crippen LogP contribution in [0.15, 0.2) is 30.8 Å². The Bertz CT molecular complexity index is 301. The molecule has 1 rings (SSSR count). The third-order valence-electron chi connectivity index (χ3n) is 2.35. The van der Waals surface area contributed by atoms with Gasteiger partial charge in [-0.25, -0.2) is 0 Å². The highest BCUT2D eigenvalue weighted by atomic mass is 28.4. The van der Waals surface area contributed by atoms with E-state index < -0.39 is 8.32 Å². The summed E-state index contributed by atoms with van der Waals surface area (Å²) in [5, 5.41) is 1.34. The van der Waals surface area contributed by atoms with Gasteiger partial charge in [0.1, 0.15) is 0 Å². The summed E-state index contributed by atoms with van der Waals surface area (Å²) in [5.74, 6) is 0. The van der Waals surface area contributed by atoms with Gasteiger partial charge in [-0.1, -0.05) is 36.9 Å². The van der Waals surface area contributed by atoms with E-state index in [9.17, 15) is 0 Å². The minimum Gasteiger partial charge on any atom is -0.413 e. The van der Waals surface area contributed by atoms with Gasteiger partial charge in [-0.05, 0) is 30.8 Å². The molecule has 1 aromatic rings. The van der Waals surface area contributed by atoms with Gasteiger partial charge >= 0.3 is 0 Å². The lowest BCUT2D eigenvalue weighted by Gasteiger charge is -2.22. The average molecular weight is 206 g/mol. The standard InChI is InChI=1S/C12H18OSi/c1-5-11-7-9-12(10-8-11)14(3,4)13-6-2/h5,7-10H,1,6H2,2-4H3. The Labute approximate surface area is 87.5 Å². The first kappa shape index (κ1) is 11.2. The van der Waals surface area contributed by atoms with Gasteiger partial charge in [0.05, 0.1) is 0 Å². The van der Waals surface area contributed by atoms with Gasteiger partial charge in [0.15, 0.2) is 0 Å². The zero-order valence-electron chi connectivity index (χ0n) is 9.21. The molecule has 0 saturated heterocycles. The van der Waals surface area contributed by atoms with Crippen LogP contribution < -0.4 is 5.19 Å². The highest BCUT2D eigenvalue weighted by Crippen LogP contribution is 2.07. The van der Waals surface area contributed by atoms with Crippen molar-refractivity contribution in [1.82, 2.24) is 0 Å². The molecule has 0 fully saturated rings. The van der Waals surface area contributed by atoms with Crippen molar-refractivity contribution in [2.45, 2.75) is 20.0 Å². The monoisotopic (exact) mass is 206 g/mol. The molecular weight excluding hydrogens is 188 g/mol. The van der Waals surface area contributed by atoms with Gasteiger partial charge in [-0.2, -0.15) is 0 Å². The number of hydrogen-bond donors (Lipinski definition) is 0. The van der Waals surface area contributed by atoms with Crippen LogP contribution in [-0.4, -0.2) is 14.9 Å². The first-order valence-electron chi connectivity index (χ1n) is 4.97. The Morgan fingerprint density at radius 3 is 2.29 bits per heavy atom. The molecule has 0 atom stereocenters. The van der Waals surface area contributed by atoms with E-state index in [1.54, 1.807) is 0 Å². The molecule has 2 heteroatoms. The minimum absolute atomic E-state index is 0.794. The van der Waals surface area contributed by atoms with Crippen LogP contribution in [-0.2, 0) is 4.43 Å². The number of benzene rings is 1. The second-order valence-corrected chi connectivity index (χ2v) is 7.66. The normalized spacial score (nSPS) is 11.4. The molecule has 0 bridgehead atoms. The summed E-state index contributed by atoms with van der Waals surface area (Å²) >= 11 is 0. The summed E-state index contributed by atoms with van der Waals surface area (Å²) in [6.07, 6.45) is 1.86. The molecule has 0 amide bonds. The van der Waals surface area contributed by atoms with Gasteiger partial charge in [-0.15, -0.1) is 0 Å². The molecular formula is C12H18OSi. The topological polar surface area (TPSA) is 9.23 Å². The first-order valence-corrected chi connectivity index (χ1v) is 7.88. The van der Waals surface area contributed by atoms with E-state index in [0.717, 1.165) is 12.2 Å². The molecule has 0 radical (unpaired) electrons. The van der Waals surface area contributed by atoms with Crippen molar-refractivity contribution in [2.75, 3.05) is 6.61 Å². The fraction of sp³-hybridized carbons (Fsp3) is 0.333. The van der Waals surface area contributed by atoms with Gasteiger partial charge in [0.25, 0.3) is 0 Å². The van der Waals surface area contributed by atoms with E-state index in [4.69, 9.17) is 4.43 Å². The van der Waals surface area contributed by atoms with Crippen molar-refractivity contribution in [2.24, 2.45) is 0 Å². The molecule has 0 aliphatic rings. The van der Waals surface area contributed by atoms with Crippen molar-refractivity contribution in [3.8, 4) is 0 Å². The summed E-state index contributed by atoms with van der Waals surface area (Å²) in [7, 11) is -1.65. The van der Waals surface area contributed by atoms with E-state index in [1.807, 2.05) is 13.0 Å². The molecule has 0 aliphatic heterocycles. The fourth-order valence-electron chi connectivity index (χ4n) is 1.46. The smallest absolute Gasteiger partial charge is 0.218 e. The molecule has 1 aromatic carbocycles. The first-order chi connectivity index (χ1) is 6.60. The van der Waals surface area contributed by atoms with Crippen molar-refractivity contribution in [1.29, 1.82) is 0 Å². The zero-order valence-corrected chi connectivity index (χ0v) is 10.2. The largest absolute Gasteiger partial charge is 0.413 e. The van der Waals surface area contributed by atoms with Crippen molar-refractivity contribution < 1.29 is 4.43 Å². The third-order valence-corrected chi connectivity index (χ3v) is 5.08. The van der Waals surface area contributed by atoms with Crippen molar-refractivity contribution in [3.63, 3.8) is 0 Å². The van der Waals surface area contributed by atoms with E-state index in [1.165, 1.54) is 5.19 Å². The molecule has 0 unspecified atom stereocenters. The minimum atomic E-state index is -1.65. The Hall–Kier alpha value is -0.863. The number of hydrogen-bond acceptors (Lipinski definition) is 1. The summed E-state index contributed by atoms with van der Waals surface area (Å²) in [6, 6.07) is 8.49. The maximum Gasteiger partial charge on any atom is 0.218 e. The van der Waals surface area contributed by atoms with E-state index in [0.29, 0.717) is 0 Å². The molecule has 14 heavy (non-hydrogen) atoms. The molecule has 0 aliphatic carbocycles. The van der Waals surface area contributed by atoms with E-state index in [2.05, 4.69) is 43.9 Å². The highest BCUT2D eigenvalue weighted by molar-refractivity contribution is 6.84. The van der Waals surface area contributed by atoms with Crippen LogP contribution in [0, 0.1) is 0 Å². The van der Waals surface area contributed by atoms with Gasteiger partial charge in [0, 0.05) is 6.61 Å². The highest BCUT2D eigenvalue weighted by Gasteiger charge is 2.23. The molecule has 1 nitrogen and oxygen atoms in total. The molecule has 0 aromatic heterocycles. The Balaban J connectivity index is 2.90. The summed E-state index contributed by atoms with van der Waals surface area (Å²) in [4.78, 5) is 0. The summed E-state index contributed by atoms with van der Waals surface area (Å²) < 4.78 is 5.80. The van der Waals surface area contributed by atoms with Gasteiger partial charge in [0.2, 0.25) is 8.32 Å². The predicted molar refractivity (Wildman–Crippen MR) is 65.3 cm³/mol. The number of rotatable bonds is 4. The predicted octanol–water partition coefficient (Wildman–Crippen LogP) is 2.78. The second kappa shape index (κ2) is 4.58. The molecule has 76 valence electrons. The Morgan fingerprint density at radius 2 is 1.86 bits per heavy atom. The lowest BCUT2D eigenvalue weighted by atomic mass is 10.2. The summed E-state index contributed by atoms with van der Waals surface area (Å²) in [5.41, 5.74) is 1.16. The van der Waals surface area contributed by atoms with E-state index >= 15 is 0 Å². The third kappa shape index (κ3) is 2.56. The van der Waals surface area contributed by atoms with Crippen LogP contribution in [0.25, 0.3) is 6.08 Å². The second-order valence-electron chi connectivity index (χ2n) is 3.77. The maximum absolute atomic E-state index is 5.80. The summed E-state index contributed by atoms with van der Waals surface area (Å²) in [6.45, 7) is 11.0. The Morgan fingerprint density at radius 1 is 1.29 bits per heavy atom. The zero-order chi connectivity index (χ0) is 10.6. The van der Waals surface area contributed by atoms with Crippen LogP contribution in [0.4, 0.5) is 0 Å². The lowest BCUT2D eigenvalue weighted by Crippen LogP contribution is -2.44. The van der Waals surface area contributed by atoms with Gasteiger partial charge < -0.3 is 4.43 Å². The van der Waals surface area contributed by atoms with Crippen LogP contribution in [0.1, 0.15) is 12.5 Å².